The van der Waals surface area contributed by atoms with Gasteiger partial charge in [-0.05, 0) is 20.8 Å². The van der Waals surface area contributed by atoms with E-state index in [1.165, 1.54) is 0 Å². The SMILES string of the molecule is CC(C)(C)OC(=O)NC[C@@H](C(=O)O)N1CCNCC1. The molecule has 0 aromatic rings. The molecule has 1 fully saturated rings. The third kappa shape index (κ3) is 5.89. The second kappa shape index (κ2) is 6.72. The van der Waals surface area contributed by atoms with Gasteiger partial charge >= 0.3 is 12.1 Å². The number of carbonyl (C=O) groups excluding carboxylic acids is 1. The van der Waals surface area contributed by atoms with Gasteiger partial charge in [0, 0.05) is 32.7 Å². The van der Waals surface area contributed by atoms with Crippen LogP contribution in [-0.4, -0.2) is 66.4 Å². The number of alkyl carbamates (subject to hydrolysis) is 1. The van der Waals surface area contributed by atoms with Crippen LogP contribution < -0.4 is 10.6 Å². The number of piperazine rings is 1. The zero-order chi connectivity index (χ0) is 14.5. The summed E-state index contributed by atoms with van der Waals surface area (Å²) in [5.74, 6) is -0.932. The van der Waals surface area contributed by atoms with Gasteiger partial charge in [0.25, 0.3) is 0 Å². The summed E-state index contributed by atoms with van der Waals surface area (Å²) in [6.07, 6.45) is -0.589. The molecule has 7 heteroatoms. The molecule has 1 atom stereocenters. The van der Waals surface area contributed by atoms with Gasteiger partial charge in [-0.2, -0.15) is 0 Å². The Morgan fingerprint density at radius 2 is 1.95 bits per heavy atom. The molecular weight excluding hydrogens is 250 g/mol. The number of ether oxygens (including phenoxy) is 1. The van der Waals surface area contributed by atoms with Crippen molar-refractivity contribution in [1.29, 1.82) is 0 Å². The van der Waals surface area contributed by atoms with Crippen LogP contribution in [0.15, 0.2) is 0 Å². The van der Waals surface area contributed by atoms with Gasteiger partial charge in [-0.3, -0.25) is 9.69 Å². The highest BCUT2D eigenvalue weighted by molar-refractivity contribution is 5.75. The van der Waals surface area contributed by atoms with Crippen molar-refractivity contribution in [2.45, 2.75) is 32.4 Å². The van der Waals surface area contributed by atoms with E-state index in [4.69, 9.17) is 4.74 Å². The first-order valence-electron chi connectivity index (χ1n) is 6.44. The van der Waals surface area contributed by atoms with Gasteiger partial charge in [-0.1, -0.05) is 0 Å². The van der Waals surface area contributed by atoms with Gasteiger partial charge in [0.15, 0.2) is 0 Å². The lowest BCUT2D eigenvalue weighted by molar-refractivity contribution is -0.143. The topological polar surface area (TPSA) is 90.9 Å². The average Bonchev–Trinajstić information content (AvgIpc) is 2.27. The Bertz CT molecular complexity index is 321. The molecule has 1 amide bonds. The van der Waals surface area contributed by atoms with E-state index in [2.05, 4.69) is 10.6 Å². The van der Waals surface area contributed by atoms with Crippen LogP contribution in [-0.2, 0) is 9.53 Å². The van der Waals surface area contributed by atoms with Crippen LogP contribution in [0.5, 0.6) is 0 Å². The van der Waals surface area contributed by atoms with Crippen molar-refractivity contribution in [3.8, 4) is 0 Å². The van der Waals surface area contributed by atoms with Gasteiger partial charge in [-0.25, -0.2) is 4.79 Å². The minimum atomic E-state index is -0.932. The molecule has 0 aromatic carbocycles. The van der Waals surface area contributed by atoms with Crippen molar-refractivity contribution in [3.63, 3.8) is 0 Å². The smallest absolute Gasteiger partial charge is 0.407 e. The Morgan fingerprint density at radius 3 is 2.42 bits per heavy atom. The van der Waals surface area contributed by atoms with Crippen molar-refractivity contribution in [2.24, 2.45) is 0 Å². The lowest BCUT2D eigenvalue weighted by Gasteiger charge is -2.32. The maximum absolute atomic E-state index is 11.5. The van der Waals surface area contributed by atoms with Crippen LogP contribution in [0.3, 0.4) is 0 Å². The van der Waals surface area contributed by atoms with Crippen LogP contribution in [0.2, 0.25) is 0 Å². The lowest BCUT2D eigenvalue weighted by Crippen LogP contribution is -2.55. The number of amides is 1. The number of nitrogens with one attached hydrogen (secondary N) is 2. The molecule has 1 heterocycles. The minimum absolute atomic E-state index is 0.0459. The van der Waals surface area contributed by atoms with Gasteiger partial charge < -0.3 is 20.5 Å². The predicted molar refractivity (Wildman–Crippen MR) is 70.1 cm³/mol. The fourth-order valence-electron chi connectivity index (χ4n) is 1.86. The number of hydrogen-bond donors (Lipinski definition) is 3. The third-order valence-electron chi connectivity index (χ3n) is 2.72. The van der Waals surface area contributed by atoms with E-state index in [-0.39, 0.29) is 6.54 Å². The molecule has 1 aliphatic rings. The minimum Gasteiger partial charge on any atom is -0.480 e. The highest BCUT2D eigenvalue weighted by Crippen LogP contribution is 2.07. The molecule has 110 valence electrons. The number of carboxylic acid groups (broad SMARTS) is 1. The summed E-state index contributed by atoms with van der Waals surface area (Å²) in [6.45, 7) is 8.17. The molecule has 0 spiro atoms. The first-order chi connectivity index (χ1) is 8.79. The zero-order valence-corrected chi connectivity index (χ0v) is 11.7. The Morgan fingerprint density at radius 1 is 1.37 bits per heavy atom. The zero-order valence-electron chi connectivity index (χ0n) is 11.7. The molecule has 1 aliphatic heterocycles. The predicted octanol–water partition coefficient (Wildman–Crippen LogP) is -0.130. The summed E-state index contributed by atoms with van der Waals surface area (Å²) in [5, 5.41) is 14.9. The summed E-state index contributed by atoms with van der Waals surface area (Å²) >= 11 is 0. The summed E-state index contributed by atoms with van der Waals surface area (Å²) in [7, 11) is 0. The number of carbonyl (C=O) groups is 2. The molecule has 0 unspecified atom stereocenters. The van der Waals surface area contributed by atoms with Crippen LogP contribution in [0.25, 0.3) is 0 Å². The maximum atomic E-state index is 11.5. The second-order valence-electron chi connectivity index (χ2n) is 5.52. The van der Waals surface area contributed by atoms with Crippen LogP contribution in [0.4, 0.5) is 4.79 Å². The molecule has 0 saturated carbocycles. The van der Waals surface area contributed by atoms with Gasteiger partial charge in [-0.15, -0.1) is 0 Å². The first-order valence-corrected chi connectivity index (χ1v) is 6.44. The monoisotopic (exact) mass is 273 g/mol. The Hall–Kier alpha value is -1.34. The largest absolute Gasteiger partial charge is 0.480 e. The summed E-state index contributed by atoms with van der Waals surface area (Å²) in [4.78, 5) is 24.6. The molecule has 0 aromatic heterocycles. The lowest BCUT2D eigenvalue weighted by atomic mass is 10.2. The van der Waals surface area contributed by atoms with Gasteiger partial charge in [0.05, 0.1) is 0 Å². The molecule has 19 heavy (non-hydrogen) atoms. The standard InChI is InChI=1S/C12H23N3O4/c1-12(2,3)19-11(18)14-8-9(10(16)17)15-6-4-13-5-7-15/h9,13H,4-8H2,1-3H3,(H,14,18)(H,16,17)/t9-/m0/s1. The maximum Gasteiger partial charge on any atom is 0.407 e. The molecular formula is C12H23N3O4. The van der Waals surface area contributed by atoms with E-state index in [0.29, 0.717) is 13.1 Å². The molecule has 0 radical (unpaired) electrons. The Kier molecular flexibility index (Phi) is 5.56. The first kappa shape index (κ1) is 15.7. The molecule has 0 bridgehead atoms. The van der Waals surface area contributed by atoms with Crippen LogP contribution in [0.1, 0.15) is 20.8 Å². The summed E-state index contributed by atoms with van der Waals surface area (Å²) in [6, 6.07) is -0.713. The summed E-state index contributed by atoms with van der Waals surface area (Å²) < 4.78 is 5.08. The van der Waals surface area contributed by atoms with Crippen LogP contribution in [0, 0.1) is 0 Å². The second-order valence-corrected chi connectivity index (χ2v) is 5.52. The van der Waals surface area contributed by atoms with Crippen molar-refractivity contribution >= 4 is 12.1 Å². The average molecular weight is 273 g/mol. The highest BCUT2D eigenvalue weighted by atomic mass is 16.6. The molecule has 7 nitrogen and oxygen atoms in total. The van der Waals surface area contributed by atoms with E-state index < -0.39 is 23.7 Å². The highest BCUT2D eigenvalue weighted by Gasteiger charge is 2.27. The van der Waals surface area contributed by atoms with Crippen molar-refractivity contribution in [3.05, 3.63) is 0 Å². The van der Waals surface area contributed by atoms with E-state index >= 15 is 0 Å². The fraction of sp³-hybridized carbons (Fsp3) is 0.833. The number of carboxylic acids is 1. The number of nitrogens with zero attached hydrogens (tertiary/aromatic N) is 1. The van der Waals surface area contributed by atoms with E-state index in [1.807, 2.05) is 4.90 Å². The van der Waals surface area contributed by atoms with E-state index in [0.717, 1.165) is 13.1 Å². The van der Waals surface area contributed by atoms with Crippen molar-refractivity contribution in [1.82, 2.24) is 15.5 Å². The summed E-state index contributed by atoms with van der Waals surface area (Å²) in [5.41, 5.74) is -0.585. The molecule has 1 saturated heterocycles. The number of aliphatic carboxylic acids is 1. The number of hydrogen-bond acceptors (Lipinski definition) is 5. The normalized spacial score (nSPS) is 18.7. The molecule has 3 N–H and O–H groups in total. The Labute approximate surface area is 113 Å². The van der Waals surface area contributed by atoms with Gasteiger partial charge in [0.1, 0.15) is 11.6 Å². The fourth-order valence-corrected chi connectivity index (χ4v) is 1.86. The van der Waals surface area contributed by atoms with Crippen molar-refractivity contribution in [2.75, 3.05) is 32.7 Å². The van der Waals surface area contributed by atoms with Gasteiger partial charge in [0.2, 0.25) is 0 Å². The van der Waals surface area contributed by atoms with E-state index in [9.17, 15) is 14.7 Å². The quantitative estimate of drug-likeness (QED) is 0.661. The molecule has 0 aliphatic carbocycles. The van der Waals surface area contributed by atoms with Crippen LogP contribution >= 0.6 is 0 Å². The number of rotatable bonds is 4. The molecule has 1 rings (SSSR count). The Balaban J connectivity index is 2.45. The van der Waals surface area contributed by atoms with Crippen molar-refractivity contribution < 1.29 is 19.4 Å². The third-order valence-corrected chi connectivity index (χ3v) is 2.72. The van der Waals surface area contributed by atoms with E-state index in [1.54, 1.807) is 20.8 Å².